The molecule has 92 valence electrons. The Hall–Kier alpha value is -1.35. The van der Waals surface area contributed by atoms with Gasteiger partial charge in [0.1, 0.15) is 12.4 Å². The minimum atomic E-state index is 0.0108. The molecule has 0 aromatic heterocycles. The average molecular weight is 234 g/mol. The van der Waals surface area contributed by atoms with Gasteiger partial charge < -0.3 is 9.47 Å². The van der Waals surface area contributed by atoms with E-state index in [0.717, 1.165) is 18.6 Å². The number of ether oxygens (including phenoxy) is 2. The van der Waals surface area contributed by atoms with Crippen molar-refractivity contribution in [3.8, 4) is 5.75 Å². The molecule has 0 spiro atoms. The fourth-order valence-electron chi connectivity index (χ4n) is 1.42. The first-order valence-electron chi connectivity index (χ1n) is 6.06. The number of ketones is 1. The fourth-order valence-corrected chi connectivity index (χ4v) is 1.42. The Morgan fingerprint density at radius 3 is 2.47 bits per heavy atom. The van der Waals surface area contributed by atoms with Gasteiger partial charge in [-0.05, 0) is 51.0 Å². The van der Waals surface area contributed by atoms with Gasteiger partial charge in [-0.3, -0.25) is 4.79 Å². The van der Waals surface area contributed by atoms with E-state index in [1.165, 1.54) is 0 Å². The van der Waals surface area contributed by atoms with Crippen molar-refractivity contribution in [2.45, 2.75) is 38.9 Å². The van der Waals surface area contributed by atoms with Gasteiger partial charge in [-0.15, -0.1) is 0 Å². The second kappa shape index (κ2) is 5.32. The normalized spacial score (nSPS) is 15.0. The van der Waals surface area contributed by atoms with Gasteiger partial charge in [0.25, 0.3) is 0 Å². The summed E-state index contributed by atoms with van der Waals surface area (Å²) in [5.41, 5.74) is 0.675. The third-order valence-corrected chi connectivity index (χ3v) is 2.55. The molecule has 0 aliphatic heterocycles. The van der Waals surface area contributed by atoms with E-state index in [-0.39, 0.29) is 18.5 Å². The highest BCUT2D eigenvalue weighted by molar-refractivity contribution is 5.97. The molecule has 0 bridgehead atoms. The van der Waals surface area contributed by atoms with Gasteiger partial charge in [-0.2, -0.15) is 0 Å². The molecule has 0 atom stereocenters. The van der Waals surface area contributed by atoms with Crippen LogP contribution in [0.4, 0.5) is 0 Å². The van der Waals surface area contributed by atoms with Crippen molar-refractivity contribution >= 4 is 5.78 Å². The molecule has 1 fully saturated rings. The van der Waals surface area contributed by atoms with E-state index >= 15 is 0 Å². The lowest BCUT2D eigenvalue weighted by atomic mass is 10.1. The molecule has 0 heterocycles. The van der Waals surface area contributed by atoms with Crippen LogP contribution in [0.5, 0.6) is 5.75 Å². The standard InChI is InChI=1S/C14H18O3/c1-10(2)16-9-14(15)11-3-5-12(6-4-11)17-13-7-8-13/h3-6,10,13H,7-9H2,1-2H3. The molecule has 1 aliphatic rings. The summed E-state index contributed by atoms with van der Waals surface area (Å²) >= 11 is 0. The smallest absolute Gasteiger partial charge is 0.188 e. The molecule has 1 saturated carbocycles. The molecule has 2 rings (SSSR count). The summed E-state index contributed by atoms with van der Waals surface area (Å²) in [6, 6.07) is 7.29. The average Bonchev–Trinajstić information content (AvgIpc) is 3.11. The van der Waals surface area contributed by atoms with E-state index in [9.17, 15) is 4.79 Å². The first kappa shape index (κ1) is 12.1. The maximum Gasteiger partial charge on any atom is 0.188 e. The summed E-state index contributed by atoms with van der Waals surface area (Å²) in [4.78, 5) is 11.7. The molecular weight excluding hydrogens is 216 g/mol. The molecule has 0 radical (unpaired) electrons. The SMILES string of the molecule is CC(C)OCC(=O)c1ccc(OC2CC2)cc1. The number of benzene rings is 1. The van der Waals surface area contributed by atoms with Crippen LogP contribution in [0, 0.1) is 0 Å². The second-order valence-electron chi connectivity index (χ2n) is 4.62. The maximum atomic E-state index is 11.7. The van der Waals surface area contributed by atoms with Crippen molar-refractivity contribution in [1.82, 2.24) is 0 Å². The zero-order chi connectivity index (χ0) is 12.3. The maximum absolute atomic E-state index is 11.7. The molecule has 0 amide bonds. The summed E-state index contributed by atoms with van der Waals surface area (Å²) in [5.74, 6) is 0.852. The summed E-state index contributed by atoms with van der Waals surface area (Å²) < 4.78 is 10.9. The van der Waals surface area contributed by atoms with Crippen molar-refractivity contribution < 1.29 is 14.3 Å². The lowest BCUT2D eigenvalue weighted by Crippen LogP contribution is -2.13. The van der Waals surface area contributed by atoms with Crippen LogP contribution in [0.1, 0.15) is 37.0 Å². The zero-order valence-electron chi connectivity index (χ0n) is 10.3. The van der Waals surface area contributed by atoms with Gasteiger partial charge in [0.05, 0.1) is 12.2 Å². The molecule has 17 heavy (non-hydrogen) atoms. The van der Waals surface area contributed by atoms with Crippen molar-refractivity contribution in [3.05, 3.63) is 29.8 Å². The van der Waals surface area contributed by atoms with E-state index in [4.69, 9.17) is 9.47 Å². The molecule has 0 saturated heterocycles. The molecular formula is C14H18O3. The Morgan fingerprint density at radius 2 is 1.94 bits per heavy atom. The Labute approximate surface area is 102 Å². The first-order valence-corrected chi connectivity index (χ1v) is 6.06. The highest BCUT2D eigenvalue weighted by atomic mass is 16.5. The van der Waals surface area contributed by atoms with Crippen LogP contribution in [0.25, 0.3) is 0 Å². The van der Waals surface area contributed by atoms with Crippen LogP contribution in [0.3, 0.4) is 0 Å². The highest BCUT2D eigenvalue weighted by Crippen LogP contribution is 2.26. The van der Waals surface area contributed by atoms with Gasteiger partial charge in [0.2, 0.25) is 0 Å². The minimum Gasteiger partial charge on any atom is -0.490 e. The number of hydrogen-bond acceptors (Lipinski definition) is 3. The van der Waals surface area contributed by atoms with E-state index in [1.54, 1.807) is 12.1 Å². The highest BCUT2D eigenvalue weighted by Gasteiger charge is 2.23. The molecule has 0 unspecified atom stereocenters. The van der Waals surface area contributed by atoms with E-state index in [0.29, 0.717) is 11.7 Å². The van der Waals surface area contributed by atoms with Crippen LogP contribution in [-0.4, -0.2) is 24.6 Å². The van der Waals surface area contributed by atoms with Crippen molar-refractivity contribution in [3.63, 3.8) is 0 Å². The van der Waals surface area contributed by atoms with Gasteiger partial charge in [0.15, 0.2) is 5.78 Å². The monoisotopic (exact) mass is 234 g/mol. The van der Waals surface area contributed by atoms with Crippen LogP contribution < -0.4 is 4.74 Å². The topological polar surface area (TPSA) is 35.5 Å². The van der Waals surface area contributed by atoms with Crippen LogP contribution in [0.15, 0.2) is 24.3 Å². The van der Waals surface area contributed by atoms with E-state index in [2.05, 4.69) is 0 Å². The number of carbonyl (C=O) groups is 1. The molecule has 3 heteroatoms. The van der Waals surface area contributed by atoms with Crippen LogP contribution in [0.2, 0.25) is 0 Å². The Balaban J connectivity index is 1.89. The van der Waals surface area contributed by atoms with Crippen LogP contribution >= 0.6 is 0 Å². The molecule has 1 aliphatic carbocycles. The molecule has 1 aromatic rings. The summed E-state index contributed by atoms with van der Waals surface area (Å²) in [6.45, 7) is 3.97. The number of hydrogen-bond donors (Lipinski definition) is 0. The fraction of sp³-hybridized carbons (Fsp3) is 0.500. The molecule has 3 nitrogen and oxygen atoms in total. The zero-order valence-corrected chi connectivity index (χ0v) is 10.3. The lowest BCUT2D eigenvalue weighted by molar-refractivity contribution is 0.0585. The number of rotatable bonds is 6. The van der Waals surface area contributed by atoms with Gasteiger partial charge in [-0.25, -0.2) is 0 Å². The summed E-state index contributed by atoms with van der Waals surface area (Å²) in [7, 11) is 0. The largest absolute Gasteiger partial charge is 0.490 e. The number of Topliss-reactive ketones (excluding diaryl/α,β-unsaturated/α-hetero) is 1. The third kappa shape index (κ3) is 3.86. The number of carbonyl (C=O) groups excluding carboxylic acids is 1. The van der Waals surface area contributed by atoms with Gasteiger partial charge >= 0.3 is 0 Å². The van der Waals surface area contributed by atoms with Gasteiger partial charge in [0, 0.05) is 5.56 Å². The van der Waals surface area contributed by atoms with Crippen LogP contribution in [-0.2, 0) is 4.74 Å². The quantitative estimate of drug-likeness (QED) is 0.710. The van der Waals surface area contributed by atoms with E-state index < -0.39 is 0 Å². The minimum absolute atomic E-state index is 0.0108. The lowest BCUT2D eigenvalue weighted by Gasteiger charge is -2.07. The Morgan fingerprint density at radius 1 is 1.29 bits per heavy atom. The van der Waals surface area contributed by atoms with Crippen molar-refractivity contribution in [1.29, 1.82) is 0 Å². The Kier molecular flexibility index (Phi) is 3.79. The first-order chi connectivity index (χ1) is 8.15. The predicted octanol–water partition coefficient (Wildman–Crippen LogP) is 2.84. The summed E-state index contributed by atoms with van der Waals surface area (Å²) in [5, 5.41) is 0. The summed E-state index contributed by atoms with van der Waals surface area (Å²) in [6.07, 6.45) is 2.75. The van der Waals surface area contributed by atoms with Gasteiger partial charge in [-0.1, -0.05) is 0 Å². The third-order valence-electron chi connectivity index (χ3n) is 2.55. The molecule has 1 aromatic carbocycles. The predicted molar refractivity (Wildman–Crippen MR) is 65.5 cm³/mol. The second-order valence-corrected chi connectivity index (χ2v) is 4.62. The van der Waals surface area contributed by atoms with Crippen molar-refractivity contribution in [2.75, 3.05) is 6.61 Å². The van der Waals surface area contributed by atoms with E-state index in [1.807, 2.05) is 26.0 Å². The molecule has 0 N–H and O–H groups in total. The van der Waals surface area contributed by atoms with Crippen molar-refractivity contribution in [2.24, 2.45) is 0 Å². The Bertz CT molecular complexity index is 377.